The van der Waals surface area contributed by atoms with Gasteiger partial charge in [-0.05, 0) is 30.7 Å². The third-order valence-electron chi connectivity index (χ3n) is 3.13. The molecule has 4 nitrogen and oxygen atoms in total. The van der Waals surface area contributed by atoms with Crippen molar-refractivity contribution in [2.24, 2.45) is 11.0 Å². The van der Waals surface area contributed by atoms with E-state index in [0.717, 1.165) is 19.3 Å². The van der Waals surface area contributed by atoms with Gasteiger partial charge in [-0.15, -0.1) is 0 Å². The predicted molar refractivity (Wildman–Crippen MR) is 74.5 cm³/mol. The van der Waals surface area contributed by atoms with E-state index in [0.29, 0.717) is 11.5 Å². The molecule has 1 aromatic carbocycles. The van der Waals surface area contributed by atoms with Crippen LogP contribution in [0.5, 0.6) is 0 Å². The van der Waals surface area contributed by atoms with Crippen LogP contribution in [0.4, 0.5) is 0 Å². The van der Waals surface area contributed by atoms with Crippen LogP contribution in [0.15, 0.2) is 47.6 Å². The average molecular weight is 258 g/mol. The van der Waals surface area contributed by atoms with Crippen LogP contribution >= 0.6 is 0 Å². The first-order chi connectivity index (χ1) is 9.27. The highest BCUT2D eigenvalue weighted by molar-refractivity contribution is 5.82. The Morgan fingerprint density at radius 3 is 2.84 bits per heavy atom. The third kappa shape index (κ3) is 4.03. The molecule has 0 bridgehead atoms. The number of nitrogens with zero attached hydrogens (tertiary/aromatic N) is 1. The fourth-order valence-electron chi connectivity index (χ4n) is 2.01. The van der Waals surface area contributed by atoms with Crippen LogP contribution in [0, 0.1) is 5.92 Å². The van der Waals surface area contributed by atoms with Crippen LogP contribution in [0.1, 0.15) is 30.9 Å². The third-order valence-corrected chi connectivity index (χ3v) is 3.13. The van der Waals surface area contributed by atoms with Crippen LogP contribution < -0.4 is 5.43 Å². The highest BCUT2D eigenvalue weighted by Crippen LogP contribution is 2.16. The minimum Gasteiger partial charge on any atom is -0.378 e. The molecule has 4 heteroatoms. The standard InChI is InChI=1S/C15H18N2O2/c18-14(13-9-5-2-6-10-13)15(19)17-16-11-12-7-3-1-4-8-12/h1-3,5-6,9-12,14,18H,4,7-8H2,(H,17,19)/b16-11+. The highest BCUT2D eigenvalue weighted by atomic mass is 16.3. The van der Waals surface area contributed by atoms with Crippen molar-refractivity contribution in [3.63, 3.8) is 0 Å². The largest absolute Gasteiger partial charge is 0.378 e. The number of hydrogen-bond donors (Lipinski definition) is 2. The van der Waals surface area contributed by atoms with E-state index in [-0.39, 0.29) is 0 Å². The number of aliphatic hydroxyl groups excluding tert-OH is 1. The van der Waals surface area contributed by atoms with Gasteiger partial charge in [-0.3, -0.25) is 4.79 Å². The first-order valence-electron chi connectivity index (χ1n) is 6.48. The van der Waals surface area contributed by atoms with Gasteiger partial charge in [0, 0.05) is 6.21 Å². The molecular weight excluding hydrogens is 240 g/mol. The van der Waals surface area contributed by atoms with Gasteiger partial charge >= 0.3 is 0 Å². The maximum atomic E-state index is 11.7. The van der Waals surface area contributed by atoms with E-state index in [9.17, 15) is 9.90 Å². The Kier molecular flexibility index (Phi) is 4.86. The molecule has 0 fully saturated rings. The summed E-state index contributed by atoms with van der Waals surface area (Å²) in [5.74, 6) is -0.132. The summed E-state index contributed by atoms with van der Waals surface area (Å²) in [6.45, 7) is 0. The molecule has 0 radical (unpaired) electrons. The zero-order chi connectivity index (χ0) is 13.5. The molecule has 19 heavy (non-hydrogen) atoms. The molecule has 0 saturated heterocycles. The molecular formula is C15H18N2O2. The summed E-state index contributed by atoms with van der Waals surface area (Å²) in [4.78, 5) is 11.7. The number of nitrogens with one attached hydrogen (secondary N) is 1. The van der Waals surface area contributed by atoms with Crippen LogP contribution in [-0.4, -0.2) is 17.2 Å². The number of hydrogen-bond acceptors (Lipinski definition) is 3. The molecule has 0 spiro atoms. The quantitative estimate of drug-likeness (QED) is 0.494. The van der Waals surface area contributed by atoms with E-state index in [4.69, 9.17) is 0 Å². The fourth-order valence-corrected chi connectivity index (χ4v) is 2.01. The van der Waals surface area contributed by atoms with Gasteiger partial charge in [0.2, 0.25) is 0 Å². The van der Waals surface area contributed by atoms with Crippen LogP contribution in [-0.2, 0) is 4.79 Å². The van der Waals surface area contributed by atoms with E-state index >= 15 is 0 Å². The SMILES string of the molecule is O=C(N/N=C/C1CC=CCC1)C(O)c1ccccc1. The molecule has 0 aliphatic heterocycles. The summed E-state index contributed by atoms with van der Waals surface area (Å²) in [5.41, 5.74) is 2.95. The maximum absolute atomic E-state index is 11.7. The van der Waals surface area contributed by atoms with E-state index in [1.54, 1.807) is 30.5 Å². The van der Waals surface area contributed by atoms with Crippen molar-refractivity contribution in [1.82, 2.24) is 5.43 Å². The second-order valence-corrected chi connectivity index (χ2v) is 4.61. The lowest BCUT2D eigenvalue weighted by atomic mass is 9.96. The van der Waals surface area contributed by atoms with E-state index in [2.05, 4.69) is 22.7 Å². The topological polar surface area (TPSA) is 61.7 Å². The number of hydrazone groups is 1. The van der Waals surface area contributed by atoms with E-state index in [1.807, 2.05) is 6.07 Å². The first kappa shape index (κ1) is 13.5. The second-order valence-electron chi connectivity index (χ2n) is 4.61. The van der Waals surface area contributed by atoms with Gasteiger partial charge in [0.15, 0.2) is 6.10 Å². The fraction of sp³-hybridized carbons (Fsp3) is 0.333. The predicted octanol–water partition coefficient (Wildman–Crippen LogP) is 2.18. The number of allylic oxidation sites excluding steroid dienone is 2. The average Bonchev–Trinajstić information content (AvgIpc) is 2.48. The number of rotatable bonds is 4. The highest BCUT2D eigenvalue weighted by Gasteiger charge is 2.16. The number of carbonyl (C=O) groups excluding carboxylic acids is 1. The Morgan fingerprint density at radius 1 is 1.37 bits per heavy atom. The Bertz CT molecular complexity index is 468. The molecule has 1 aliphatic carbocycles. The molecule has 0 saturated carbocycles. The number of benzene rings is 1. The summed E-state index contributed by atoms with van der Waals surface area (Å²) in [5, 5.41) is 13.8. The lowest BCUT2D eigenvalue weighted by Crippen LogP contribution is -2.25. The summed E-state index contributed by atoms with van der Waals surface area (Å²) in [6.07, 6.45) is 7.92. The molecule has 1 amide bonds. The minimum atomic E-state index is -1.18. The van der Waals surface area contributed by atoms with Crippen LogP contribution in [0.2, 0.25) is 0 Å². The van der Waals surface area contributed by atoms with Gasteiger partial charge in [-0.1, -0.05) is 42.5 Å². The number of carbonyl (C=O) groups is 1. The lowest BCUT2D eigenvalue weighted by Gasteiger charge is -2.12. The molecule has 2 unspecified atom stereocenters. The summed E-state index contributed by atoms with van der Waals surface area (Å²) in [6, 6.07) is 8.82. The normalized spacial score (nSPS) is 20.4. The molecule has 0 heterocycles. The summed E-state index contributed by atoms with van der Waals surface area (Å²) >= 11 is 0. The summed E-state index contributed by atoms with van der Waals surface area (Å²) < 4.78 is 0. The maximum Gasteiger partial charge on any atom is 0.273 e. The van der Waals surface area contributed by atoms with Crippen molar-refractivity contribution in [3.05, 3.63) is 48.0 Å². The molecule has 2 rings (SSSR count). The van der Waals surface area contributed by atoms with Gasteiger partial charge in [0.05, 0.1) is 0 Å². The summed E-state index contributed by atoms with van der Waals surface area (Å²) in [7, 11) is 0. The van der Waals surface area contributed by atoms with E-state index < -0.39 is 12.0 Å². The van der Waals surface area contributed by atoms with E-state index in [1.165, 1.54) is 0 Å². The van der Waals surface area contributed by atoms with Crippen LogP contribution in [0.3, 0.4) is 0 Å². The van der Waals surface area contributed by atoms with Crippen molar-refractivity contribution in [1.29, 1.82) is 0 Å². The number of aliphatic hydroxyl groups is 1. The van der Waals surface area contributed by atoms with Gasteiger partial charge in [0.1, 0.15) is 0 Å². The van der Waals surface area contributed by atoms with Crippen molar-refractivity contribution in [2.75, 3.05) is 0 Å². The van der Waals surface area contributed by atoms with Crippen molar-refractivity contribution < 1.29 is 9.90 Å². The monoisotopic (exact) mass is 258 g/mol. The Hall–Kier alpha value is -1.94. The van der Waals surface area contributed by atoms with Gasteiger partial charge in [-0.25, -0.2) is 5.43 Å². The molecule has 2 N–H and O–H groups in total. The first-order valence-corrected chi connectivity index (χ1v) is 6.48. The van der Waals surface area contributed by atoms with Crippen LogP contribution in [0.25, 0.3) is 0 Å². The molecule has 2 atom stereocenters. The number of amides is 1. The second kappa shape index (κ2) is 6.85. The Morgan fingerprint density at radius 2 is 2.16 bits per heavy atom. The zero-order valence-corrected chi connectivity index (χ0v) is 10.7. The van der Waals surface area contributed by atoms with Crippen molar-refractivity contribution in [2.45, 2.75) is 25.4 Å². The Labute approximate surface area is 112 Å². The molecule has 1 aromatic rings. The van der Waals surface area contributed by atoms with Crippen molar-refractivity contribution >= 4 is 12.1 Å². The van der Waals surface area contributed by atoms with Gasteiger partial charge < -0.3 is 5.11 Å². The lowest BCUT2D eigenvalue weighted by molar-refractivity contribution is -0.129. The van der Waals surface area contributed by atoms with Crippen molar-refractivity contribution in [3.8, 4) is 0 Å². The molecule has 100 valence electrons. The molecule has 0 aromatic heterocycles. The zero-order valence-electron chi connectivity index (χ0n) is 10.7. The smallest absolute Gasteiger partial charge is 0.273 e. The Balaban J connectivity index is 1.84. The minimum absolute atomic E-state index is 0.374. The van der Waals surface area contributed by atoms with Gasteiger partial charge in [0.25, 0.3) is 5.91 Å². The molecule has 1 aliphatic rings. The van der Waals surface area contributed by atoms with Gasteiger partial charge in [-0.2, -0.15) is 5.10 Å².